The number of nitrogens with zero attached hydrogens (tertiary/aromatic N) is 2. The molecule has 5 nitrogen and oxygen atoms in total. The number of aryl methyl sites for hydroxylation is 1. The Morgan fingerprint density at radius 1 is 1.00 bits per heavy atom. The number of H-pyrrole nitrogens is 2. The molecule has 2 aromatic heterocycles. The highest BCUT2D eigenvalue weighted by Crippen LogP contribution is 2.33. The van der Waals surface area contributed by atoms with Gasteiger partial charge in [-0.1, -0.05) is 80.4 Å². The molecule has 0 unspecified atom stereocenters. The minimum Gasteiger partial charge on any atom is -0.359 e. The number of nitrogens with one attached hydrogen (secondary N) is 3. The monoisotopic (exact) mass is 585 g/mol. The van der Waals surface area contributed by atoms with E-state index in [1.807, 2.05) is 68.5 Å². The Bertz CT molecular complexity index is 1950. The Hall–Kier alpha value is -5.56. The molecule has 0 amide bonds. The second-order valence-electron chi connectivity index (χ2n) is 10.3. The van der Waals surface area contributed by atoms with Crippen molar-refractivity contribution in [3.8, 4) is 11.5 Å². The molecule has 3 aromatic carbocycles. The summed E-state index contributed by atoms with van der Waals surface area (Å²) in [6, 6.07) is 19.7. The number of allylic oxidation sites excluding steroid dienone is 7. The third kappa shape index (κ3) is 6.42. The second kappa shape index (κ2) is 13.2. The van der Waals surface area contributed by atoms with Gasteiger partial charge in [0.25, 0.3) is 0 Å². The van der Waals surface area contributed by atoms with E-state index in [-0.39, 0.29) is 11.3 Å². The maximum Gasteiger partial charge on any atom is 0.156 e. The third-order valence-electron chi connectivity index (χ3n) is 7.17. The highest BCUT2D eigenvalue weighted by molar-refractivity contribution is 5.95. The molecule has 0 aliphatic rings. The fourth-order valence-corrected chi connectivity index (χ4v) is 5.09. The van der Waals surface area contributed by atoms with Crippen LogP contribution in [0.15, 0.2) is 128 Å². The summed E-state index contributed by atoms with van der Waals surface area (Å²) >= 11 is 0. The molecule has 220 valence electrons. The molecule has 0 radical (unpaired) electrons. The lowest BCUT2D eigenvalue weighted by Crippen LogP contribution is -2.12. The quantitative estimate of drug-likeness (QED) is 0.136. The van der Waals surface area contributed by atoms with Crippen LogP contribution in [-0.2, 0) is 6.42 Å². The molecule has 0 fully saturated rings. The van der Waals surface area contributed by atoms with Crippen LogP contribution >= 0.6 is 0 Å². The van der Waals surface area contributed by atoms with Crippen molar-refractivity contribution in [1.29, 1.82) is 0 Å². The van der Waals surface area contributed by atoms with Gasteiger partial charge in [0.1, 0.15) is 17.0 Å². The molecular weight excluding hydrogens is 552 g/mol. The molecular formula is C37H33F2N5. The van der Waals surface area contributed by atoms with Gasteiger partial charge in [-0.05, 0) is 72.5 Å². The largest absolute Gasteiger partial charge is 0.359 e. The van der Waals surface area contributed by atoms with E-state index in [1.165, 1.54) is 18.2 Å². The number of halogens is 2. The van der Waals surface area contributed by atoms with Crippen LogP contribution in [0, 0.1) is 18.6 Å². The third-order valence-corrected chi connectivity index (χ3v) is 7.17. The van der Waals surface area contributed by atoms with Gasteiger partial charge in [0.15, 0.2) is 11.6 Å². The highest BCUT2D eigenvalue weighted by atomic mass is 19.1. The zero-order valence-corrected chi connectivity index (χ0v) is 24.7. The van der Waals surface area contributed by atoms with Crippen LogP contribution in [0.3, 0.4) is 0 Å². The van der Waals surface area contributed by atoms with Gasteiger partial charge in [0, 0.05) is 34.5 Å². The second-order valence-corrected chi connectivity index (χ2v) is 10.3. The molecule has 0 spiro atoms. The summed E-state index contributed by atoms with van der Waals surface area (Å²) in [5, 5.41) is 11.1. The predicted molar refractivity (Wildman–Crippen MR) is 176 cm³/mol. The average Bonchev–Trinajstić information content (AvgIpc) is 3.62. The first-order valence-electron chi connectivity index (χ1n) is 14.1. The lowest BCUT2D eigenvalue weighted by atomic mass is 10.0. The molecule has 0 saturated heterocycles. The molecule has 7 heteroatoms. The summed E-state index contributed by atoms with van der Waals surface area (Å²) in [7, 11) is 0. The lowest BCUT2D eigenvalue weighted by molar-refractivity contribution is 0.627. The Morgan fingerprint density at radius 3 is 2.50 bits per heavy atom. The number of hydrogen-bond donors (Lipinski definition) is 3. The topological polar surface area (TPSA) is 69.4 Å². The molecule has 5 aromatic rings. The van der Waals surface area contributed by atoms with Gasteiger partial charge < -0.3 is 10.3 Å². The molecule has 2 heterocycles. The van der Waals surface area contributed by atoms with Gasteiger partial charge in [0.05, 0.1) is 5.69 Å². The van der Waals surface area contributed by atoms with Gasteiger partial charge in [-0.15, -0.1) is 0 Å². The first-order valence-corrected chi connectivity index (χ1v) is 14.1. The Labute approximate surface area is 255 Å². The molecule has 0 aliphatic heterocycles. The molecule has 44 heavy (non-hydrogen) atoms. The number of aromatic amines is 2. The van der Waals surface area contributed by atoms with E-state index in [2.05, 4.69) is 40.2 Å². The van der Waals surface area contributed by atoms with E-state index in [4.69, 9.17) is 4.98 Å². The standard InChI is InChI=1S/C37H33F2N5/c1-6-13-31(27-16-12-17-29(38)19-27)34-24(5)41-37(42-34)36-32-21-28(22-33(39)35(32)43-44-36)26(7-2)20-30(8-3)40-23(4)18-25-14-10-9-11-15-25/h6-17,19-22,40H,1,3-4,18H2,2,5H3,(H,41,42)(H,43,44)/b26-7+,30-20+,31-13-. The van der Waals surface area contributed by atoms with E-state index < -0.39 is 5.82 Å². The summed E-state index contributed by atoms with van der Waals surface area (Å²) < 4.78 is 29.5. The summed E-state index contributed by atoms with van der Waals surface area (Å²) in [5.41, 5.74) is 7.60. The SMILES string of the molecule is C=C/C=C(/c1cccc(F)c1)c1nc(-c2[nH]nc3c(F)cc(C(/C=C(\C=C)NC(=C)Cc4ccccc4)=C/C)cc23)[nH]c1C. The zero-order chi connectivity index (χ0) is 31.2. The number of rotatable bonds is 11. The molecule has 0 atom stereocenters. The number of benzene rings is 3. The summed E-state index contributed by atoms with van der Waals surface area (Å²) in [5.74, 6) is -0.339. The van der Waals surface area contributed by atoms with Crippen LogP contribution in [0.25, 0.3) is 33.6 Å². The fraction of sp³-hybridized carbons (Fsp3) is 0.0811. The summed E-state index contributed by atoms with van der Waals surface area (Å²) in [6.07, 6.45) is 9.60. The number of imidazole rings is 1. The molecule has 0 saturated carbocycles. The zero-order valence-electron chi connectivity index (χ0n) is 24.7. The molecule has 3 N–H and O–H groups in total. The van der Waals surface area contributed by atoms with Gasteiger partial charge in [0.2, 0.25) is 0 Å². The fourth-order valence-electron chi connectivity index (χ4n) is 5.09. The van der Waals surface area contributed by atoms with Crippen LogP contribution < -0.4 is 5.32 Å². The summed E-state index contributed by atoms with van der Waals surface area (Å²) in [6.45, 7) is 15.7. The van der Waals surface area contributed by atoms with Crippen LogP contribution in [0.2, 0.25) is 0 Å². The van der Waals surface area contributed by atoms with E-state index >= 15 is 4.39 Å². The van der Waals surface area contributed by atoms with Gasteiger partial charge in [-0.3, -0.25) is 5.10 Å². The van der Waals surface area contributed by atoms with Crippen LogP contribution in [0.4, 0.5) is 8.78 Å². The van der Waals surface area contributed by atoms with Crippen LogP contribution in [0.1, 0.15) is 35.0 Å². The molecule has 0 bridgehead atoms. The normalized spacial score (nSPS) is 12.4. The first kappa shape index (κ1) is 29.9. The van der Waals surface area contributed by atoms with Gasteiger partial charge in [-0.2, -0.15) is 5.10 Å². The van der Waals surface area contributed by atoms with Crippen molar-refractivity contribution in [2.75, 3.05) is 0 Å². The van der Waals surface area contributed by atoms with E-state index in [1.54, 1.807) is 24.3 Å². The van der Waals surface area contributed by atoms with Crippen molar-refractivity contribution in [2.45, 2.75) is 20.3 Å². The van der Waals surface area contributed by atoms with E-state index in [9.17, 15) is 4.39 Å². The molecule has 0 aliphatic carbocycles. The molecule has 5 rings (SSSR count). The Kier molecular flexibility index (Phi) is 8.95. The maximum absolute atomic E-state index is 15.4. The van der Waals surface area contributed by atoms with E-state index in [0.29, 0.717) is 45.7 Å². The van der Waals surface area contributed by atoms with Crippen molar-refractivity contribution in [1.82, 2.24) is 25.5 Å². The van der Waals surface area contributed by atoms with Gasteiger partial charge in [-0.25, -0.2) is 13.8 Å². The maximum atomic E-state index is 15.4. The predicted octanol–water partition coefficient (Wildman–Crippen LogP) is 8.98. The first-order chi connectivity index (χ1) is 21.3. The van der Waals surface area contributed by atoms with Crippen LogP contribution in [0.5, 0.6) is 0 Å². The Balaban J connectivity index is 1.49. The number of aromatic nitrogens is 4. The smallest absolute Gasteiger partial charge is 0.156 e. The van der Waals surface area contributed by atoms with Gasteiger partial charge >= 0.3 is 0 Å². The number of hydrogen-bond acceptors (Lipinski definition) is 3. The number of fused-ring (bicyclic) bond motifs is 1. The van der Waals surface area contributed by atoms with Crippen molar-refractivity contribution < 1.29 is 8.78 Å². The van der Waals surface area contributed by atoms with Crippen LogP contribution in [-0.4, -0.2) is 20.2 Å². The van der Waals surface area contributed by atoms with Crippen molar-refractivity contribution in [2.24, 2.45) is 0 Å². The highest BCUT2D eigenvalue weighted by Gasteiger charge is 2.20. The minimum absolute atomic E-state index is 0.198. The Morgan fingerprint density at radius 2 is 1.80 bits per heavy atom. The summed E-state index contributed by atoms with van der Waals surface area (Å²) in [4.78, 5) is 8.13. The van der Waals surface area contributed by atoms with E-state index in [0.717, 1.165) is 28.2 Å². The van der Waals surface area contributed by atoms with Crippen molar-refractivity contribution >= 4 is 22.0 Å². The average molecular weight is 586 g/mol. The van der Waals surface area contributed by atoms with Crippen molar-refractivity contribution in [3.63, 3.8) is 0 Å². The van der Waals surface area contributed by atoms with Crippen molar-refractivity contribution in [3.05, 3.63) is 168 Å². The lowest BCUT2D eigenvalue weighted by Gasteiger charge is -2.12. The minimum atomic E-state index is -0.468.